The molecular weight excluding hydrogens is 206 g/mol. The lowest BCUT2D eigenvalue weighted by Crippen LogP contribution is -2.49. The van der Waals surface area contributed by atoms with Gasteiger partial charge in [-0.15, -0.1) is 0 Å². The van der Waals surface area contributed by atoms with Gasteiger partial charge in [0.05, 0.1) is 5.71 Å². The third-order valence-corrected chi connectivity index (χ3v) is 2.87. The van der Waals surface area contributed by atoms with E-state index in [1.165, 1.54) is 0 Å². The number of likely N-dealkylation sites (tertiary alicyclic amines) is 1. The van der Waals surface area contributed by atoms with Gasteiger partial charge in [0.15, 0.2) is 0 Å². The van der Waals surface area contributed by atoms with E-state index >= 15 is 0 Å². The first-order valence-electron chi connectivity index (χ1n) is 5.84. The number of oxime groups is 1. The molecule has 1 unspecified atom stereocenters. The van der Waals surface area contributed by atoms with Crippen molar-refractivity contribution in [3.05, 3.63) is 0 Å². The van der Waals surface area contributed by atoms with Crippen molar-refractivity contribution in [3.63, 3.8) is 0 Å². The Labute approximate surface area is 96.5 Å². The number of rotatable bonds is 2. The van der Waals surface area contributed by atoms with Gasteiger partial charge in [-0.2, -0.15) is 0 Å². The van der Waals surface area contributed by atoms with Crippen molar-refractivity contribution < 1.29 is 10.0 Å². The Balaban J connectivity index is 2.57. The van der Waals surface area contributed by atoms with Gasteiger partial charge in [0.25, 0.3) is 0 Å². The highest BCUT2D eigenvalue weighted by molar-refractivity contribution is 5.89. The molecule has 16 heavy (non-hydrogen) atoms. The fourth-order valence-corrected chi connectivity index (χ4v) is 1.94. The van der Waals surface area contributed by atoms with Crippen LogP contribution >= 0.6 is 0 Å². The standard InChI is InChI=1S/C11H21N3O2/c1-4-9-7-14(6-5-10(9)13-16)11(15)12-8(2)3/h8-9,16H,4-7H2,1-3H3,(H,12,15). The van der Waals surface area contributed by atoms with E-state index in [9.17, 15) is 4.79 Å². The second-order valence-corrected chi connectivity index (χ2v) is 4.50. The molecule has 92 valence electrons. The van der Waals surface area contributed by atoms with Crippen molar-refractivity contribution in [2.75, 3.05) is 13.1 Å². The van der Waals surface area contributed by atoms with Gasteiger partial charge in [0.2, 0.25) is 0 Å². The van der Waals surface area contributed by atoms with Gasteiger partial charge < -0.3 is 15.4 Å². The molecule has 0 saturated carbocycles. The maximum atomic E-state index is 11.8. The van der Waals surface area contributed by atoms with E-state index in [0.717, 1.165) is 12.1 Å². The summed E-state index contributed by atoms with van der Waals surface area (Å²) in [6.45, 7) is 7.21. The van der Waals surface area contributed by atoms with E-state index in [0.29, 0.717) is 19.5 Å². The minimum absolute atomic E-state index is 0.0227. The SMILES string of the molecule is CCC1CN(C(=O)NC(C)C)CCC1=NO. The summed E-state index contributed by atoms with van der Waals surface area (Å²) in [5, 5.41) is 15.0. The van der Waals surface area contributed by atoms with Crippen LogP contribution in [0.5, 0.6) is 0 Å². The van der Waals surface area contributed by atoms with Crippen LogP contribution in [0.3, 0.4) is 0 Å². The number of carbonyl (C=O) groups is 1. The number of piperidine rings is 1. The van der Waals surface area contributed by atoms with Gasteiger partial charge in [-0.25, -0.2) is 4.79 Å². The van der Waals surface area contributed by atoms with Crippen molar-refractivity contribution in [2.24, 2.45) is 11.1 Å². The summed E-state index contributed by atoms with van der Waals surface area (Å²) in [4.78, 5) is 13.6. The van der Waals surface area contributed by atoms with Gasteiger partial charge in [-0.1, -0.05) is 12.1 Å². The highest BCUT2D eigenvalue weighted by Gasteiger charge is 2.27. The maximum absolute atomic E-state index is 11.8. The van der Waals surface area contributed by atoms with Crippen LogP contribution in [0.25, 0.3) is 0 Å². The molecule has 1 atom stereocenters. The van der Waals surface area contributed by atoms with E-state index in [-0.39, 0.29) is 18.0 Å². The Kier molecular flexibility index (Phi) is 4.58. The van der Waals surface area contributed by atoms with E-state index < -0.39 is 0 Å². The maximum Gasteiger partial charge on any atom is 0.317 e. The molecule has 5 heteroatoms. The van der Waals surface area contributed by atoms with Crippen molar-refractivity contribution >= 4 is 11.7 Å². The van der Waals surface area contributed by atoms with Crippen LogP contribution in [-0.2, 0) is 0 Å². The van der Waals surface area contributed by atoms with Gasteiger partial charge >= 0.3 is 6.03 Å². The summed E-state index contributed by atoms with van der Waals surface area (Å²) < 4.78 is 0. The summed E-state index contributed by atoms with van der Waals surface area (Å²) in [5.74, 6) is 0.191. The molecule has 0 bridgehead atoms. The molecule has 0 aliphatic carbocycles. The molecular formula is C11H21N3O2. The van der Waals surface area contributed by atoms with Crippen LogP contribution in [0.1, 0.15) is 33.6 Å². The van der Waals surface area contributed by atoms with Gasteiger partial charge in [0.1, 0.15) is 0 Å². The molecule has 1 aliphatic heterocycles. The molecule has 0 radical (unpaired) electrons. The van der Waals surface area contributed by atoms with Crippen molar-refractivity contribution in [1.82, 2.24) is 10.2 Å². The minimum Gasteiger partial charge on any atom is -0.411 e. The number of carbonyl (C=O) groups excluding carboxylic acids is 1. The van der Waals surface area contributed by atoms with Crippen LogP contribution in [-0.4, -0.2) is 41.0 Å². The van der Waals surface area contributed by atoms with Gasteiger partial charge in [0, 0.05) is 31.5 Å². The third kappa shape index (κ3) is 3.12. The van der Waals surface area contributed by atoms with E-state index in [4.69, 9.17) is 5.21 Å². The Hall–Kier alpha value is -1.26. The smallest absolute Gasteiger partial charge is 0.317 e. The minimum atomic E-state index is -0.0227. The second kappa shape index (κ2) is 5.72. The predicted octanol–water partition coefficient (Wildman–Crippen LogP) is 1.67. The van der Waals surface area contributed by atoms with E-state index in [2.05, 4.69) is 10.5 Å². The van der Waals surface area contributed by atoms with Crippen LogP contribution in [0.15, 0.2) is 5.16 Å². The highest BCUT2D eigenvalue weighted by atomic mass is 16.4. The van der Waals surface area contributed by atoms with Crippen LogP contribution in [0.2, 0.25) is 0 Å². The molecule has 0 aromatic carbocycles. The lowest BCUT2D eigenvalue weighted by molar-refractivity contribution is 0.184. The zero-order valence-electron chi connectivity index (χ0n) is 10.2. The monoisotopic (exact) mass is 227 g/mol. The van der Waals surface area contributed by atoms with Crippen LogP contribution in [0.4, 0.5) is 4.79 Å². The first-order valence-corrected chi connectivity index (χ1v) is 5.84. The van der Waals surface area contributed by atoms with E-state index in [1.807, 2.05) is 20.8 Å². The summed E-state index contributed by atoms with van der Waals surface area (Å²) in [6.07, 6.45) is 1.56. The number of urea groups is 1. The Morgan fingerprint density at radius 1 is 1.69 bits per heavy atom. The molecule has 2 amide bonds. The van der Waals surface area contributed by atoms with Crippen LogP contribution in [0, 0.1) is 5.92 Å². The average molecular weight is 227 g/mol. The van der Waals surface area contributed by atoms with E-state index in [1.54, 1.807) is 4.90 Å². The number of hydrogen-bond donors (Lipinski definition) is 2. The molecule has 5 nitrogen and oxygen atoms in total. The number of nitrogens with zero attached hydrogens (tertiary/aromatic N) is 2. The Morgan fingerprint density at radius 3 is 2.88 bits per heavy atom. The average Bonchev–Trinajstić information content (AvgIpc) is 2.27. The normalized spacial score (nSPS) is 23.9. The van der Waals surface area contributed by atoms with Gasteiger partial charge in [-0.3, -0.25) is 0 Å². The van der Waals surface area contributed by atoms with Crippen LogP contribution < -0.4 is 5.32 Å². The zero-order chi connectivity index (χ0) is 12.1. The Morgan fingerprint density at radius 2 is 2.38 bits per heavy atom. The molecule has 0 aromatic heterocycles. The summed E-state index contributed by atoms with van der Waals surface area (Å²) in [5.41, 5.74) is 0.816. The summed E-state index contributed by atoms with van der Waals surface area (Å²) in [7, 11) is 0. The molecule has 2 N–H and O–H groups in total. The highest BCUT2D eigenvalue weighted by Crippen LogP contribution is 2.17. The topological polar surface area (TPSA) is 64.9 Å². The zero-order valence-corrected chi connectivity index (χ0v) is 10.2. The number of hydrogen-bond acceptors (Lipinski definition) is 3. The largest absolute Gasteiger partial charge is 0.411 e. The lowest BCUT2D eigenvalue weighted by atomic mass is 9.93. The third-order valence-electron chi connectivity index (χ3n) is 2.87. The first-order chi connectivity index (χ1) is 7.58. The fourth-order valence-electron chi connectivity index (χ4n) is 1.94. The lowest BCUT2D eigenvalue weighted by Gasteiger charge is -2.33. The van der Waals surface area contributed by atoms with Crippen molar-refractivity contribution in [1.29, 1.82) is 0 Å². The summed E-state index contributed by atoms with van der Waals surface area (Å²) >= 11 is 0. The molecule has 0 aromatic rings. The predicted molar refractivity (Wildman–Crippen MR) is 62.9 cm³/mol. The van der Waals surface area contributed by atoms with Crippen molar-refractivity contribution in [2.45, 2.75) is 39.7 Å². The fraction of sp³-hybridized carbons (Fsp3) is 0.818. The second-order valence-electron chi connectivity index (χ2n) is 4.50. The molecule has 1 saturated heterocycles. The van der Waals surface area contributed by atoms with Crippen molar-refractivity contribution in [3.8, 4) is 0 Å². The summed E-state index contributed by atoms with van der Waals surface area (Å²) in [6, 6.07) is 0.130. The molecule has 1 rings (SSSR count). The Bertz CT molecular complexity index is 276. The quantitative estimate of drug-likeness (QED) is 0.556. The first kappa shape index (κ1) is 12.8. The molecule has 1 fully saturated rings. The number of nitrogens with one attached hydrogen (secondary N) is 1. The van der Waals surface area contributed by atoms with Gasteiger partial charge in [-0.05, 0) is 20.3 Å². The number of amides is 2. The molecule has 0 spiro atoms. The molecule has 1 heterocycles. The molecule has 1 aliphatic rings.